The zero-order valence-corrected chi connectivity index (χ0v) is 12.1. The van der Waals surface area contributed by atoms with Crippen LogP contribution in [0.1, 0.15) is 44.7 Å². The minimum absolute atomic E-state index is 0.163. The topological polar surface area (TPSA) is 43.4 Å². The molecule has 1 aliphatic rings. The van der Waals surface area contributed by atoms with Crippen molar-refractivity contribution >= 4 is 0 Å². The zero-order chi connectivity index (χ0) is 13.7. The third-order valence-corrected chi connectivity index (χ3v) is 3.36. The van der Waals surface area contributed by atoms with E-state index in [1.165, 1.54) is 12.8 Å². The van der Waals surface area contributed by atoms with E-state index in [0.29, 0.717) is 0 Å². The van der Waals surface area contributed by atoms with Crippen LogP contribution in [-0.4, -0.2) is 30.8 Å². The SMILES string of the molecule is CNC(c1cncc(OC(C)C)c1)C1CCCCO1. The van der Waals surface area contributed by atoms with E-state index in [-0.39, 0.29) is 18.2 Å². The monoisotopic (exact) mass is 264 g/mol. The van der Waals surface area contributed by atoms with Crippen LogP contribution in [0.4, 0.5) is 0 Å². The number of pyridine rings is 1. The molecule has 0 bridgehead atoms. The van der Waals surface area contributed by atoms with Crippen LogP contribution in [0.5, 0.6) is 5.75 Å². The molecule has 1 N–H and O–H groups in total. The first-order chi connectivity index (χ1) is 9.20. The molecule has 0 saturated carbocycles. The van der Waals surface area contributed by atoms with Crippen molar-refractivity contribution in [1.29, 1.82) is 0 Å². The van der Waals surface area contributed by atoms with E-state index in [2.05, 4.69) is 16.4 Å². The highest BCUT2D eigenvalue weighted by Gasteiger charge is 2.25. The maximum atomic E-state index is 5.88. The molecule has 2 heterocycles. The first-order valence-corrected chi connectivity index (χ1v) is 7.11. The van der Waals surface area contributed by atoms with Crippen molar-refractivity contribution in [2.24, 2.45) is 0 Å². The van der Waals surface area contributed by atoms with Crippen LogP contribution in [0.15, 0.2) is 18.5 Å². The van der Waals surface area contributed by atoms with Gasteiger partial charge in [-0.3, -0.25) is 4.98 Å². The van der Waals surface area contributed by atoms with Gasteiger partial charge in [-0.1, -0.05) is 0 Å². The summed E-state index contributed by atoms with van der Waals surface area (Å²) in [4.78, 5) is 4.28. The van der Waals surface area contributed by atoms with Crippen LogP contribution in [0.3, 0.4) is 0 Å². The number of nitrogens with zero attached hydrogens (tertiary/aromatic N) is 1. The summed E-state index contributed by atoms with van der Waals surface area (Å²) in [5.74, 6) is 0.823. The number of ether oxygens (including phenoxy) is 2. The molecule has 0 radical (unpaired) electrons. The number of likely N-dealkylation sites (N-methyl/N-ethyl adjacent to an activating group) is 1. The summed E-state index contributed by atoms with van der Waals surface area (Å²) < 4.78 is 11.6. The average molecular weight is 264 g/mol. The number of aromatic nitrogens is 1. The molecule has 0 amide bonds. The number of nitrogens with one attached hydrogen (secondary N) is 1. The Morgan fingerprint density at radius 1 is 1.37 bits per heavy atom. The molecule has 4 nitrogen and oxygen atoms in total. The molecule has 2 unspecified atom stereocenters. The second kappa shape index (κ2) is 6.87. The number of hydrogen-bond donors (Lipinski definition) is 1. The Labute approximate surface area is 115 Å². The van der Waals surface area contributed by atoms with Crippen molar-refractivity contribution in [3.8, 4) is 5.75 Å². The van der Waals surface area contributed by atoms with Gasteiger partial charge in [-0.2, -0.15) is 0 Å². The minimum atomic E-state index is 0.163. The lowest BCUT2D eigenvalue weighted by molar-refractivity contribution is -0.00673. The molecule has 2 rings (SSSR count). The third-order valence-electron chi connectivity index (χ3n) is 3.36. The lowest BCUT2D eigenvalue weighted by Gasteiger charge is -2.30. The van der Waals surface area contributed by atoms with Gasteiger partial charge in [-0.15, -0.1) is 0 Å². The fourth-order valence-corrected chi connectivity index (χ4v) is 2.54. The fourth-order valence-electron chi connectivity index (χ4n) is 2.54. The predicted molar refractivity (Wildman–Crippen MR) is 75.4 cm³/mol. The molecule has 4 heteroatoms. The van der Waals surface area contributed by atoms with E-state index in [9.17, 15) is 0 Å². The van der Waals surface area contributed by atoms with Gasteiger partial charge in [0.1, 0.15) is 5.75 Å². The highest BCUT2D eigenvalue weighted by Crippen LogP contribution is 2.27. The largest absolute Gasteiger partial charge is 0.489 e. The molecule has 1 aliphatic heterocycles. The van der Waals surface area contributed by atoms with Gasteiger partial charge in [0.05, 0.1) is 24.4 Å². The second-order valence-electron chi connectivity index (χ2n) is 5.29. The van der Waals surface area contributed by atoms with Crippen molar-refractivity contribution < 1.29 is 9.47 Å². The van der Waals surface area contributed by atoms with E-state index in [1.54, 1.807) is 6.20 Å². The third kappa shape index (κ3) is 3.91. The highest BCUT2D eigenvalue weighted by molar-refractivity contribution is 5.27. The molecule has 1 saturated heterocycles. The quantitative estimate of drug-likeness (QED) is 0.888. The Bertz CT molecular complexity index is 389. The summed E-state index contributed by atoms with van der Waals surface area (Å²) in [6, 6.07) is 2.25. The molecule has 1 aromatic rings. The Kier molecular flexibility index (Phi) is 5.16. The van der Waals surface area contributed by atoms with E-state index in [1.807, 2.05) is 27.1 Å². The first-order valence-electron chi connectivity index (χ1n) is 7.11. The van der Waals surface area contributed by atoms with Crippen molar-refractivity contribution in [3.63, 3.8) is 0 Å². The molecular weight excluding hydrogens is 240 g/mol. The summed E-state index contributed by atoms with van der Waals surface area (Å²) >= 11 is 0. The highest BCUT2D eigenvalue weighted by atomic mass is 16.5. The summed E-state index contributed by atoms with van der Waals surface area (Å²) in [5.41, 5.74) is 1.13. The lowest BCUT2D eigenvalue weighted by Crippen LogP contribution is -2.34. The van der Waals surface area contributed by atoms with Crippen molar-refractivity contribution in [2.45, 2.75) is 51.4 Å². The minimum Gasteiger partial charge on any atom is -0.489 e. The Balaban J connectivity index is 2.12. The standard InChI is InChI=1S/C15H24N2O2/c1-11(2)19-13-8-12(9-17-10-13)15(16-3)14-6-4-5-7-18-14/h8-11,14-16H,4-7H2,1-3H3. The van der Waals surface area contributed by atoms with Gasteiger partial charge in [0.15, 0.2) is 0 Å². The normalized spacial score (nSPS) is 21.4. The molecule has 19 heavy (non-hydrogen) atoms. The summed E-state index contributed by atoms with van der Waals surface area (Å²) in [6.07, 6.45) is 7.55. The number of hydrogen-bond acceptors (Lipinski definition) is 4. The van der Waals surface area contributed by atoms with Gasteiger partial charge < -0.3 is 14.8 Å². The lowest BCUT2D eigenvalue weighted by atomic mass is 9.97. The van der Waals surface area contributed by atoms with Gasteiger partial charge in [0.2, 0.25) is 0 Å². The molecule has 106 valence electrons. The average Bonchev–Trinajstić information content (AvgIpc) is 2.40. The van der Waals surface area contributed by atoms with E-state index >= 15 is 0 Å². The molecule has 1 fully saturated rings. The summed E-state index contributed by atoms with van der Waals surface area (Å²) in [5, 5.41) is 3.35. The van der Waals surface area contributed by atoms with Crippen LogP contribution in [-0.2, 0) is 4.74 Å². The Morgan fingerprint density at radius 3 is 2.84 bits per heavy atom. The Morgan fingerprint density at radius 2 is 2.21 bits per heavy atom. The maximum Gasteiger partial charge on any atom is 0.138 e. The Hall–Kier alpha value is -1.13. The first kappa shape index (κ1) is 14.3. The smallest absolute Gasteiger partial charge is 0.138 e. The number of rotatable bonds is 5. The fraction of sp³-hybridized carbons (Fsp3) is 0.667. The van der Waals surface area contributed by atoms with E-state index in [0.717, 1.165) is 24.3 Å². The zero-order valence-electron chi connectivity index (χ0n) is 12.1. The molecule has 2 atom stereocenters. The van der Waals surface area contributed by atoms with Crippen molar-refractivity contribution in [2.75, 3.05) is 13.7 Å². The van der Waals surface area contributed by atoms with Crippen LogP contribution < -0.4 is 10.1 Å². The molecule has 1 aromatic heterocycles. The van der Waals surface area contributed by atoms with E-state index in [4.69, 9.17) is 9.47 Å². The van der Waals surface area contributed by atoms with Gasteiger partial charge in [-0.25, -0.2) is 0 Å². The molecular formula is C15H24N2O2. The molecule has 0 aliphatic carbocycles. The van der Waals surface area contributed by atoms with Crippen LogP contribution in [0.25, 0.3) is 0 Å². The second-order valence-corrected chi connectivity index (χ2v) is 5.29. The van der Waals surface area contributed by atoms with Crippen molar-refractivity contribution in [3.05, 3.63) is 24.0 Å². The maximum absolute atomic E-state index is 5.88. The van der Waals surface area contributed by atoms with Crippen LogP contribution >= 0.6 is 0 Å². The van der Waals surface area contributed by atoms with Crippen LogP contribution in [0.2, 0.25) is 0 Å². The van der Waals surface area contributed by atoms with E-state index < -0.39 is 0 Å². The van der Waals surface area contributed by atoms with Crippen LogP contribution in [0, 0.1) is 0 Å². The van der Waals surface area contributed by atoms with Crippen molar-refractivity contribution in [1.82, 2.24) is 10.3 Å². The summed E-state index contributed by atoms with van der Waals surface area (Å²) in [6.45, 7) is 4.90. The molecule has 0 aromatic carbocycles. The van der Waals surface area contributed by atoms with Gasteiger partial charge in [0.25, 0.3) is 0 Å². The predicted octanol–water partition coefficient (Wildman–Crippen LogP) is 2.70. The summed E-state index contributed by atoms with van der Waals surface area (Å²) in [7, 11) is 1.97. The van der Waals surface area contributed by atoms with Gasteiger partial charge in [-0.05, 0) is 51.8 Å². The van der Waals surface area contributed by atoms with Gasteiger partial charge >= 0.3 is 0 Å². The molecule has 0 spiro atoms. The van der Waals surface area contributed by atoms with Gasteiger partial charge in [0, 0.05) is 12.8 Å².